The zero-order valence-electron chi connectivity index (χ0n) is 11.5. The fraction of sp³-hybridized carbons (Fsp3) is 0.438. The number of hydrogen-bond acceptors (Lipinski definition) is 3. The van der Waals surface area contributed by atoms with Crippen LogP contribution < -0.4 is 11.1 Å². The van der Waals surface area contributed by atoms with Gasteiger partial charge in [0, 0.05) is 10.7 Å². The second-order valence-corrected chi connectivity index (χ2v) is 6.44. The van der Waals surface area contributed by atoms with E-state index in [1.165, 1.54) is 24.0 Å². The number of benzene rings is 1. The van der Waals surface area contributed by atoms with Crippen molar-refractivity contribution < 1.29 is 4.79 Å². The highest BCUT2D eigenvalue weighted by Gasteiger charge is 2.25. The molecule has 1 heterocycles. The molecule has 1 fully saturated rings. The van der Waals surface area contributed by atoms with Gasteiger partial charge in [0.25, 0.3) is 0 Å². The van der Waals surface area contributed by atoms with Gasteiger partial charge in [-0.25, -0.2) is 0 Å². The maximum Gasteiger partial charge on any atom is 0.239 e. The van der Waals surface area contributed by atoms with Crippen molar-refractivity contribution in [2.45, 2.75) is 44.2 Å². The van der Waals surface area contributed by atoms with Crippen molar-refractivity contribution in [3.63, 3.8) is 0 Å². The van der Waals surface area contributed by atoms with E-state index in [4.69, 9.17) is 5.73 Å². The average Bonchev–Trinajstić information content (AvgIpc) is 2.89. The van der Waals surface area contributed by atoms with E-state index < -0.39 is 0 Å². The van der Waals surface area contributed by atoms with Crippen LogP contribution in [0.4, 0.5) is 0 Å². The van der Waals surface area contributed by atoms with E-state index in [-0.39, 0.29) is 11.9 Å². The molecule has 1 aliphatic carbocycles. The van der Waals surface area contributed by atoms with Gasteiger partial charge in [-0.1, -0.05) is 37.5 Å². The molecule has 106 valence electrons. The lowest BCUT2D eigenvalue weighted by Gasteiger charge is -2.27. The van der Waals surface area contributed by atoms with Crippen LogP contribution in [0.25, 0.3) is 10.1 Å². The van der Waals surface area contributed by atoms with Crippen molar-refractivity contribution >= 4 is 27.3 Å². The number of carbonyl (C=O) groups excluding carboxylic acids is 1. The van der Waals surface area contributed by atoms with Crippen molar-refractivity contribution in [2.75, 3.05) is 0 Å². The summed E-state index contributed by atoms with van der Waals surface area (Å²) in [6.45, 7) is 0. The first-order valence-electron chi connectivity index (χ1n) is 7.27. The number of fused-ring (bicyclic) bond motifs is 1. The van der Waals surface area contributed by atoms with Crippen LogP contribution >= 0.6 is 11.3 Å². The fourth-order valence-electron chi connectivity index (χ4n) is 3.05. The third-order valence-electron chi connectivity index (χ3n) is 4.11. The van der Waals surface area contributed by atoms with Crippen LogP contribution in [-0.2, 0) is 4.79 Å². The van der Waals surface area contributed by atoms with Crippen LogP contribution in [0.15, 0.2) is 29.6 Å². The Hall–Kier alpha value is -1.39. The number of carbonyl (C=O) groups is 1. The van der Waals surface area contributed by atoms with Gasteiger partial charge in [0.1, 0.15) is 6.04 Å². The van der Waals surface area contributed by atoms with Gasteiger partial charge in [-0.15, -0.1) is 11.3 Å². The first kappa shape index (κ1) is 13.6. The smallest absolute Gasteiger partial charge is 0.239 e. The highest BCUT2D eigenvalue weighted by molar-refractivity contribution is 7.17. The van der Waals surface area contributed by atoms with Gasteiger partial charge in [0.05, 0.1) is 0 Å². The molecule has 1 atom stereocenters. The van der Waals surface area contributed by atoms with E-state index in [1.807, 2.05) is 12.1 Å². The zero-order chi connectivity index (χ0) is 13.9. The van der Waals surface area contributed by atoms with Gasteiger partial charge in [0.15, 0.2) is 0 Å². The fourth-order valence-corrected chi connectivity index (χ4v) is 4.04. The molecule has 1 aromatic carbocycles. The molecule has 3 N–H and O–H groups in total. The molecule has 1 unspecified atom stereocenters. The first-order valence-corrected chi connectivity index (χ1v) is 8.15. The molecule has 0 radical (unpaired) electrons. The lowest BCUT2D eigenvalue weighted by Crippen LogP contribution is -2.40. The van der Waals surface area contributed by atoms with Gasteiger partial charge < -0.3 is 5.73 Å². The summed E-state index contributed by atoms with van der Waals surface area (Å²) in [7, 11) is 0. The Morgan fingerprint density at radius 2 is 2.00 bits per heavy atom. The van der Waals surface area contributed by atoms with E-state index in [9.17, 15) is 4.79 Å². The normalized spacial score (nSPS) is 18.2. The van der Waals surface area contributed by atoms with E-state index >= 15 is 0 Å². The van der Waals surface area contributed by atoms with Gasteiger partial charge in [0.2, 0.25) is 5.91 Å². The van der Waals surface area contributed by atoms with Gasteiger partial charge in [-0.2, -0.15) is 0 Å². The summed E-state index contributed by atoms with van der Waals surface area (Å²) in [5.41, 5.74) is 6.67. The molecule has 0 aliphatic heterocycles. The number of amides is 1. The number of rotatable bonds is 4. The van der Waals surface area contributed by atoms with Gasteiger partial charge >= 0.3 is 0 Å². The minimum Gasteiger partial charge on any atom is -0.368 e. The Labute approximate surface area is 123 Å². The van der Waals surface area contributed by atoms with Crippen molar-refractivity contribution in [2.24, 2.45) is 5.73 Å². The lowest BCUT2D eigenvalue weighted by molar-refractivity contribution is -0.120. The topological polar surface area (TPSA) is 55.1 Å². The van der Waals surface area contributed by atoms with Gasteiger partial charge in [-0.3, -0.25) is 10.1 Å². The second kappa shape index (κ2) is 5.94. The summed E-state index contributed by atoms with van der Waals surface area (Å²) in [4.78, 5) is 11.9. The molecule has 1 saturated carbocycles. The minimum absolute atomic E-state index is 0.279. The summed E-state index contributed by atoms with van der Waals surface area (Å²) in [6.07, 6.45) is 6.08. The van der Waals surface area contributed by atoms with E-state index in [2.05, 4.69) is 22.8 Å². The molecule has 20 heavy (non-hydrogen) atoms. The Bertz CT molecular complexity index is 601. The molecule has 1 aliphatic rings. The van der Waals surface area contributed by atoms with Crippen molar-refractivity contribution in [1.29, 1.82) is 0 Å². The molecular formula is C16H20N2OS. The quantitative estimate of drug-likeness (QED) is 0.906. The predicted molar refractivity (Wildman–Crippen MR) is 83.8 cm³/mol. The van der Waals surface area contributed by atoms with Crippen molar-refractivity contribution in [3.05, 3.63) is 35.2 Å². The highest BCUT2D eigenvalue weighted by Crippen LogP contribution is 2.31. The van der Waals surface area contributed by atoms with E-state index in [0.717, 1.165) is 23.8 Å². The minimum atomic E-state index is -0.366. The molecule has 3 rings (SSSR count). The lowest BCUT2D eigenvalue weighted by atomic mass is 9.94. The van der Waals surface area contributed by atoms with Crippen LogP contribution in [0.5, 0.6) is 0 Å². The first-order chi connectivity index (χ1) is 9.75. The third kappa shape index (κ3) is 2.72. The van der Waals surface area contributed by atoms with Gasteiger partial charge in [-0.05, 0) is 35.2 Å². The molecule has 4 heteroatoms. The molecule has 0 spiro atoms. The Kier molecular flexibility index (Phi) is 4.03. The SMILES string of the molecule is NC(=O)C(NC1CCCCC1)c1csc2ccccc12. The number of thiophene rings is 1. The number of hydrogen-bond donors (Lipinski definition) is 2. The largest absolute Gasteiger partial charge is 0.368 e. The van der Waals surface area contributed by atoms with Crippen LogP contribution in [0, 0.1) is 0 Å². The molecule has 0 bridgehead atoms. The van der Waals surface area contributed by atoms with Crippen LogP contribution in [-0.4, -0.2) is 11.9 Å². The van der Waals surface area contributed by atoms with Crippen LogP contribution in [0.3, 0.4) is 0 Å². The van der Waals surface area contributed by atoms with E-state index in [1.54, 1.807) is 11.3 Å². The molecule has 0 saturated heterocycles. The van der Waals surface area contributed by atoms with Crippen LogP contribution in [0.1, 0.15) is 43.7 Å². The number of primary amides is 1. The standard InChI is InChI=1S/C16H20N2OS/c17-16(19)15(18-11-6-2-1-3-7-11)13-10-20-14-9-5-4-8-12(13)14/h4-5,8-11,15,18H,1-3,6-7H2,(H2,17,19). The second-order valence-electron chi connectivity index (χ2n) is 5.52. The maximum absolute atomic E-state index is 11.9. The predicted octanol–water partition coefficient (Wildman–Crippen LogP) is 3.35. The zero-order valence-corrected chi connectivity index (χ0v) is 12.3. The highest BCUT2D eigenvalue weighted by atomic mass is 32.1. The molecular weight excluding hydrogens is 268 g/mol. The molecule has 1 amide bonds. The van der Waals surface area contributed by atoms with E-state index in [0.29, 0.717) is 6.04 Å². The Morgan fingerprint density at radius 1 is 1.25 bits per heavy atom. The Balaban J connectivity index is 1.88. The third-order valence-corrected chi connectivity index (χ3v) is 5.10. The number of nitrogens with two attached hydrogens (primary N) is 1. The summed E-state index contributed by atoms with van der Waals surface area (Å²) in [6, 6.07) is 8.24. The number of nitrogens with one attached hydrogen (secondary N) is 1. The summed E-state index contributed by atoms with van der Waals surface area (Å²) >= 11 is 1.67. The summed E-state index contributed by atoms with van der Waals surface area (Å²) in [5, 5.41) is 6.69. The molecule has 3 nitrogen and oxygen atoms in total. The van der Waals surface area contributed by atoms with Crippen LogP contribution in [0.2, 0.25) is 0 Å². The van der Waals surface area contributed by atoms with Crippen molar-refractivity contribution in [1.82, 2.24) is 5.32 Å². The monoisotopic (exact) mass is 288 g/mol. The molecule has 2 aromatic rings. The molecule has 1 aromatic heterocycles. The summed E-state index contributed by atoms with van der Waals surface area (Å²) < 4.78 is 1.21. The maximum atomic E-state index is 11.9. The summed E-state index contributed by atoms with van der Waals surface area (Å²) in [5.74, 6) is -0.279. The average molecular weight is 288 g/mol. The Morgan fingerprint density at radius 3 is 2.75 bits per heavy atom. The van der Waals surface area contributed by atoms with Crippen molar-refractivity contribution in [3.8, 4) is 0 Å².